The minimum atomic E-state index is -0.295. The van der Waals surface area contributed by atoms with Crippen molar-refractivity contribution < 1.29 is 9.59 Å². The standard InChI is InChI=1S/C16H21Cl2N3O2/c1-3-4-5-11(2)20-21-16(23)9-8-15(22)19-14-7-6-12(17)10-13(14)18/h6-7,10H,3-5,8-9H2,1-2H3,(H,19,22)(H,21,23). The third-order valence-corrected chi connectivity index (χ3v) is 3.60. The maximum absolute atomic E-state index is 11.8. The summed E-state index contributed by atoms with van der Waals surface area (Å²) in [6.07, 6.45) is 3.08. The van der Waals surface area contributed by atoms with E-state index in [4.69, 9.17) is 23.2 Å². The maximum atomic E-state index is 11.8. The average Bonchev–Trinajstić information content (AvgIpc) is 2.51. The van der Waals surface area contributed by atoms with Crippen molar-refractivity contribution in [3.8, 4) is 0 Å². The molecule has 0 unspecified atom stereocenters. The van der Waals surface area contributed by atoms with E-state index in [9.17, 15) is 9.59 Å². The number of nitrogens with zero attached hydrogens (tertiary/aromatic N) is 1. The number of amides is 2. The number of carbonyl (C=O) groups is 2. The van der Waals surface area contributed by atoms with Crippen LogP contribution >= 0.6 is 23.2 Å². The van der Waals surface area contributed by atoms with Gasteiger partial charge in [0.15, 0.2) is 0 Å². The van der Waals surface area contributed by atoms with Crippen LogP contribution in [0.5, 0.6) is 0 Å². The highest BCUT2D eigenvalue weighted by Crippen LogP contribution is 2.25. The van der Waals surface area contributed by atoms with Crippen LogP contribution in [-0.2, 0) is 9.59 Å². The molecule has 2 amide bonds. The lowest BCUT2D eigenvalue weighted by molar-refractivity contribution is -0.124. The summed E-state index contributed by atoms with van der Waals surface area (Å²) >= 11 is 11.8. The Bertz CT molecular complexity index is 589. The monoisotopic (exact) mass is 357 g/mol. The fourth-order valence-corrected chi connectivity index (χ4v) is 2.19. The summed E-state index contributed by atoms with van der Waals surface area (Å²) in [5.74, 6) is -0.589. The molecule has 0 saturated heterocycles. The van der Waals surface area contributed by atoms with E-state index in [1.54, 1.807) is 18.2 Å². The van der Waals surface area contributed by atoms with E-state index in [1.165, 1.54) is 0 Å². The molecule has 0 aliphatic rings. The molecule has 1 aromatic rings. The van der Waals surface area contributed by atoms with Crippen LogP contribution < -0.4 is 10.7 Å². The molecule has 0 bridgehead atoms. The summed E-state index contributed by atoms with van der Waals surface area (Å²) in [6.45, 7) is 3.96. The summed E-state index contributed by atoms with van der Waals surface area (Å²) in [4.78, 5) is 23.5. The van der Waals surface area contributed by atoms with E-state index in [0.717, 1.165) is 25.0 Å². The molecule has 1 aromatic carbocycles. The van der Waals surface area contributed by atoms with Gasteiger partial charge in [-0.3, -0.25) is 9.59 Å². The van der Waals surface area contributed by atoms with Crippen molar-refractivity contribution in [2.75, 3.05) is 5.32 Å². The van der Waals surface area contributed by atoms with Gasteiger partial charge < -0.3 is 5.32 Å². The largest absolute Gasteiger partial charge is 0.325 e. The Morgan fingerprint density at radius 2 is 1.83 bits per heavy atom. The van der Waals surface area contributed by atoms with Crippen LogP contribution in [0.15, 0.2) is 23.3 Å². The van der Waals surface area contributed by atoms with Gasteiger partial charge in [-0.2, -0.15) is 5.10 Å². The second-order valence-electron chi connectivity index (χ2n) is 5.16. The third kappa shape index (κ3) is 8.00. The Morgan fingerprint density at radius 3 is 2.48 bits per heavy atom. The van der Waals surface area contributed by atoms with Gasteiger partial charge in [0.1, 0.15) is 0 Å². The number of anilines is 1. The fraction of sp³-hybridized carbons (Fsp3) is 0.438. The number of nitrogens with one attached hydrogen (secondary N) is 2. The minimum absolute atomic E-state index is 0.0499. The van der Waals surface area contributed by atoms with Crippen LogP contribution in [0.25, 0.3) is 0 Å². The zero-order chi connectivity index (χ0) is 17.2. The zero-order valence-electron chi connectivity index (χ0n) is 13.3. The van der Waals surface area contributed by atoms with Crippen molar-refractivity contribution in [1.29, 1.82) is 0 Å². The summed E-state index contributed by atoms with van der Waals surface area (Å²) in [5.41, 5.74) is 3.80. The number of halogens is 2. The number of carbonyl (C=O) groups excluding carboxylic acids is 2. The summed E-state index contributed by atoms with van der Waals surface area (Å²) < 4.78 is 0. The van der Waals surface area contributed by atoms with Gasteiger partial charge in [-0.15, -0.1) is 0 Å². The molecule has 0 aromatic heterocycles. The summed E-state index contributed by atoms with van der Waals surface area (Å²) in [5, 5.41) is 7.48. The average molecular weight is 358 g/mol. The van der Waals surface area contributed by atoms with E-state index >= 15 is 0 Å². The van der Waals surface area contributed by atoms with Gasteiger partial charge in [0.2, 0.25) is 11.8 Å². The van der Waals surface area contributed by atoms with Crippen LogP contribution in [0, 0.1) is 0 Å². The summed E-state index contributed by atoms with van der Waals surface area (Å²) in [6, 6.07) is 4.78. The van der Waals surface area contributed by atoms with Crippen LogP contribution in [0.2, 0.25) is 10.0 Å². The number of rotatable bonds is 8. The van der Waals surface area contributed by atoms with Gasteiger partial charge in [0.25, 0.3) is 0 Å². The van der Waals surface area contributed by atoms with E-state index in [0.29, 0.717) is 15.7 Å². The van der Waals surface area contributed by atoms with Gasteiger partial charge in [-0.25, -0.2) is 5.43 Å². The Hall–Kier alpha value is -1.59. The molecule has 1 rings (SSSR count). The first kappa shape index (κ1) is 19.5. The van der Waals surface area contributed by atoms with E-state index < -0.39 is 0 Å². The molecule has 0 atom stereocenters. The lowest BCUT2D eigenvalue weighted by Gasteiger charge is -2.07. The molecular formula is C16H21Cl2N3O2. The normalized spacial score (nSPS) is 11.2. The van der Waals surface area contributed by atoms with Crippen molar-refractivity contribution in [2.24, 2.45) is 5.10 Å². The highest BCUT2D eigenvalue weighted by Gasteiger charge is 2.09. The smallest absolute Gasteiger partial charge is 0.240 e. The molecule has 7 heteroatoms. The fourth-order valence-electron chi connectivity index (χ4n) is 1.73. The number of benzene rings is 1. The molecule has 126 valence electrons. The minimum Gasteiger partial charge on any atom is -0.325 e. The van der Waals surface area contributed by atoms with Gasteiger partial charge in [-0.05, 0) is 38.0 Å². The Balaban J connectivity index is 2.36. The molecule has 0 radical (unpaired) electrons. The molecule has 0 heterocycles. The van der Waals surface area contributed by atoms with Gasteiger partial charge >= 0.3 is 0 Å². The molecule has 0 aliphatic heterocycles. The topological polar surface area (TPSA) is 70.6 Å². The predicted octanol–water partition coefficient (Wildman–Crippen LogP) is 4.39. The molecule has 5 nitrogen and oxygen atoms in total. The zero-order valence-corrected chi connectivity index (χ0v) is 14.8. The third-order valence-electron chi connectivity index (χ3n) is 3.05. The lowest BCUT2D eigenvalue weighted by atomic mass is 10.2. The molecule has 0 saturated carbocycles. The first-order chi connectivity index (χ1) is 10.9. The number of hydrazone groups is 1. The quantitative estimate of drug-likeness (QED) is 0.534. The van der Waals surface area contributed by atoms with Crippen molar-refractivity contribution >= 4 is 46.4 Å². The Kier molecular flexibility index (Phi) is 8.66. The summed E-state index contributed by atoms with van der Waals surface area (Å²) in [7, 11) is 0. The van der Waals surface area contributed by atoms with Crippen LogP contribution in [0.3, 0.4) is 0 Å². The molecule has 23 heavy (non-hydrogen) atoms. The van der Waals surface area contributed by atoms with Crippen LogP contribution in [0.1, 0.15) is 46.0 Å². The Labute approximate surface area is 146 Å². The van der Waals surface area contributed by atoms with E-state index in [2.05, 4.69) is 22.8 Å². The first-order valence-corrected chi connectivity index (χ1v) is 8.25. The van der Waals surface area contributed by atoms with E-state index in [-0.39, 0.29) is 24.7 Å². The maximum Gasteiger partial charge on any atom is 0.240 e. The predicted molar refractivity (Wildman–Crippen MR) is 95.1 cm³/mol. The van der Waals surface area contributed by atoms with E-state index in [1.807, 2.05) is 6.92 Å². The van der Waals surface area contributed by atoms with Gasteiger partial charge in [-0.1, -0.05) is 36.5 Å². The molecule has 2 N–H and O–H groups in total. The molecule has 0 spiro atoms. The van der Waals surface area contributed by atoms with Crippen molar-refractivity contribution in [1.82, 2.24) is 5.43 Å². The second kappa shape index (κ2) is 10.2. The second-order valence-corrected chi connectivity index (χ2v) is 6.00. The van der Waals surface area contributed by atoms with Crippen LogP contribution in [-0.4, -0.2) is 17.5 Å². The lowest BCUT2D eigenvalue weighted by Crippen LogP contribution is -2.21. The van der Waals surface area contributed by atoms with Gasteiger partial charge in [0, 0.05) is 23.6 Å². The van der Waals surface area contributed by atoms with Crippen molar-refractivity contribution in [3.05, 3.63) is 28.2 Å². The van der Waals surface area contributed by atoms with Crippen LogP contribution in [0.4, 0.5) is 5.69 Å². The highest BCUT2D eigenvalue weighted by molar-refractivity contribution is 6.36. The molecule has 0 fully saturated rings. The first-order valence-electron chi connectivity index (χ1n) is 7.49. The van der Waals surface area contributed by atoms with Gasteiger partial charge in [0.05, 0.1) is 10.7 Å². The SMILES string of the molecule is CCCCC(C)=NNC(=O)CCC(=O)Nc1ccc(Cl)cc1Cl. The number of hydrogen-bond acceptors (Lipinski definition) is 3. The van der Waals surface area contributed by atoms with Crippen molar-refractivity contribution in [2.45, 2.75) is 46.0 Å². The highest BCUT2D eigenvalue weighted by atomic mass is 35.5. The number of unbranched alkanes of at least 4 members (excludes halogenated alkanes) is 1. The molecular weight excluding hydrogens is 337 g/mol. The van der Waals surface area contributed by atoms with Crippen molar-refractivity contribution in [3.63, 3.8) is 0 Å². The Morgan fingerprint density at radius 1 is 1.13 bits per heavy atom. The molecule has 0 aliphatic carbocycles. The number of hydrogen-bond donors (Lipinski definition) is 2.